The summed E-state index contributed by atoms with van der Waals surface area (Å²) in [6.45, 7) is 1.15. The van der Waals surface area contributed by atoms with Crippen LogP contribution in [0, 0.1) is 5.92 Å². The lowest BCUT2D eigenvalue weighted by atomic mass is 9.86. The van der Waals surface area contributed by atoms with Gasteiger partial charge in [-0.15, -0.1) is 0 Å². The molecule has 2 aromatic rings. The number of esters is 1. The molecule has 1 aliphatic heterocycles. The van der Waals surface area contributed by atoms with Crippen molar-refractivity contribution >= 4 is 23.0 Å². The van der Waals surface area contributed by atoms with Crippen molar-refractivity contribution in [2.75, 3.05) is 19.7 Å². The number of amides is 1. The van der Waals surface area contributed by atoms with Gasteiger partial charge in [0.25, 0.3) is 5.91 Å². The molecule has 1 aromatic heterocycles. The summed E-state index contributed by atoms with van der Waals surface area (Å²) in [6.07, 6.45) is 4.49. The molecule has 132 valence electrons. The number of rotatable bonds is 4. The van der Waals surface area contributed by atoms with Crippen LogP contribution in [0.1, 0.15) is 43.9 Å². The first-order chi connectivity index (χ1) is 12.2. The van der Waals surface area contributed by atoms with E-state index in [1.807, 2.05) is 24.3 Å². The monoisotopic (exact) mass is 342 g/mol. The van der Waals surface area contributed by atoms with Crippen LogP contribution in [-0.2, 0) is 14.3 Å². The highest BCUT2D eigenvalue weighted by Gasteiger charge is 2.30. The van der Waals surface area contributed by atoms with Crippen LogP contribution < -0.4 is 0 Å². The molecule has 0 atom stereocenters. The van der Waals surface area contributed by atoms with Crippen LogP contribution in [0.4, 0.5) is 0 Å². The fourth-order valence-electron chi connectivity index (χ4n) is 3.43. The summed E-state index contributed by atoms with van der Waals surface area (Å²) < 4.78 is 11.0. The molecule has 0 spiro atoms. The van der Waals surface area contributed by atoms with Crippen molar-refractivity contribution in [1.29, 1.82) is 0 Å². The molecule has 0 N–H and O–H groups in total. The maximum absolute atomic E-state index is 12.2. The lowest BCUT2D eigenvalue weighted by molar-refractivity contribution is -0.158. The number of hydrogen-bond donors (Lipinski definition) is 0. The van der Waals surface area contributed by atoms with E-state index in [1.54, 1.807) is 4.90 Å². The number of likely N-dealkylation sites (tertiary alicyclic amines) is 1. The number of para-hydroxylation sites is 2. The maximum Gasteiger partial charge on any atom is 0.309 e. The molecule has 0 radical (unpaired) electrons. The van der Waals surface area contributed by atoms with E-state index in [9.17, 15) is 9.59 Å². The quantitative estimate of drug-likeness (QED) is 0.799. The zero-order valence-corrected chi connectivity index (χ0v) is 14.1. The van der Waals surface area contributed by atoms with Crippen LogP contribution >= 0.6 is 0 Å². The van der Waals surface area contributed by atoms with E-state index in [1.165, 1.54) is 0 Å². The highest BCUT2D eigenvalue weighted by Crippen LogP contribution is 2.30. The first-order valence-electron chi connectivity index (χ1n) is 9.00. The molecule has 1 saturated carbocycles. The zero-order valence-electron chi connectivity index (χ0n) is 14.1. The van der Waals surface area contributed by atoms with Crippen LogP contribution in [0.25, 0.3) is 11.1 Å². The average molecular weight is 342 g/mol. The number of carbonyl (C=O) groups is 2. The molecule has 2 aliphatic rings. The van der Waals surface area contributed by atoms with Crippen LogP contribution in [0.15, 0.2) is 28.7 Å². The number of piperidine rings is 1. The van der Waals surface area contributed by atoms with E-state index in [0.29, 0.717) is 13.1 Å². The first kappa shape index (κ1) is 16.1. The molecular weight excluding hydrogens is 320 g/mol. The van der Waals surface area contributed by atoms with Crippen molar-refractivity contribution in [2.45, 2.75) is 38.0 Å². The summed E-state index contributed by atoms with van der Waals surface area (Å²) in [6, 6.07) is 7.74. The number of nitrogens with zero attached hydrogens (tertiary/aromatic N) is 2. The number of ether oxygens (including phenoxy) is 1. The van der Waals surface area contributed by atoms with Crippen LogP contribution in [0.5, 0.6) is 0 Å². The molecule has 1 aliphatic carbocycles. The van der Waals surface area contributed by atoms with Gasteiger partial charge in [0.2, 0.25) is 0 Å². The summed E-state index contributed by atoms with van der Waals surface area (Å²) in [4.78, 5) is 30.3. The Morgan fingerprint density at radius 3 is 2.60 bits per heavy atom. The summed E-state index contributed by atoms with van der Waals surface area (Å²) in [7, 11) is 0. The van der Waals surface area contributed by atoms with Gasteiger partial charge in [0.05, 0.1) is 5.92 Å². The maximum atomic E-state index is 12.2. The molecular formula is C19H22N2O4. The van der Waals surface area contributed by atoms with Gasteiger partial charge >= 0.3 is 5.97 Å². The number of fused-ring (bicyclic) bond motifs is 1. The summed E-state index contributed by atoms with van der Waals surface area (Å²) in [5, 5.41) is 0. The molecule has 2 heterocycles. The van der Waals surface area contributed by atoms with E-state index < -0.39 is 0 Å². The van der Waals surface area contributed by atoms with E-state index in [4.69, 9.17) is 9.15 Å². The SMILES string of the molecule is O=C(OCC(=O)N1CCC(c2nc3ccccc3o2)CC1)C1CCC1. The Bertz CT molecular complexity index is 740. The minimum absolute atomic E-state index is 0.0118. The lowest BCUT2D eigenvalue weighted by Crippen LogP contribution is -2.40. The Morgan fingerprint density at radius 1 is 1.16 bits per heavy atom. The second-order valence-corrected chi connectivity index (χ2v) is 6.91. The van der Waals surface area contributed by atoms with Crippen LogP contribution in [0.3, 0.4) is 0 Å². The van der Waals surface area contributed by atoms with Gasteiger partial charge in [-0.05, 0) is 37.8 Å². The molecule has 0 unspecified atom stereocenters. The Labute approximate surface area is 146 Å². The lowest BCUT2D eigenvalue weighted by Gasteiger charge is -2.31. The third kappa shape index (κ3) is 3.38. The molecule has 0 bridgehead atoms. The second-order valence-electron chi connectivity index (χ2n) is 6.91. The van der Waals surface area contributed by atoms with Crippen LogP contribution in [-0.4, -0.2) is 41.5 Å². The van der Waals surface area contributed by atoms with Crippen LogP contribution in [0.2, 0.25) is 0 Å². The predicted octanol–water partition coefficient (Wildman–Crippen LogP) is 2.88. The highest BCUT2D eigenvalue weighted by molar-refractivity contribution is 5.81. The fraction of sp³-hybridized carbons (Fsp3) is 0.526. The van der Waals surface area contributed by atoms with Crippen molar-refractivity contribution in [3.05, 3.63) is 30.2 Å². The van der Waals surface area contributed by atoms with Gasteiger partial charge in [0.1, 0.15) is 5.52 Å². The molecule has 6 nitrogen and oxygen atoms in total. The summed E-state index contributed by atoms with van der Waals surface area (Å²) >= 11 is 0. The minimum atomic E-state index is -0.221. The van der Waals surface area contributed by atoms with Crippen molar-refractivity contribution in [3.8, 4) is 0 Å². The molecule has 2 fully saturated rings. The summed E-state index contributed by atoms with van der Waals surface area (Å²) in [5.74, 6) is 0.668. The van der Waals surface area contributed by atoms with Crippen molar-refractivity contribution < 1.29 is 18.7 Å². The van der Waals surface area contributed by atoms with Gasteiger partial charge in [0.15, 0.2) is 18.1 Å². The number of aromatic nitrogens is 1. The van der Waals surface area contributed by atoms with Crippen molar-refractivity contribution in [3.63, 3.8) is 0 Å². The molecule has 1 amide bonds. The van der Waals surface area contributed by atoms with E-state index >= 15 is 0 Å². The van der Waals surface area contributed by atoms with Crippen molar-refractivity contribution in [1.82, 2.24) is 9.88 Å². The Hall–Kier alpha value is -2.37. The number of oxazole rings is 1. The Kier molecular flexibility index (Phi) is 4.42. The predicted molar refractivity (Wildman–Crippen MR) is 90.9 cm³/mol. The molecule has 1 saturated heterocycles. The molecule has 25 heavy (non-hydrogen) atoms. The standard InChI is InChI=1S/C19H22N2O4/c22-17(12-24-19(23)14-4-3-5-14)21-10-8-13(9-11-21)18-20-15-6-1-2-7-16(15)25-18/h1-2,6-7,13-14H,3-5,8-12H2. The van der Waals surface area contributed by atoms with E-state index in [-0.39, 0.29) is 30.3 Å². The first-order valence-corrected chi connectivity index (χ1v) is 9.00. The third-order valence-electron chi connectivity index (χ3n) is 5.28. The van der Waals surface area contributed by atoms with Gasteiger partial charge < -0.3 is 14.1 Å². The Morgan fingerprint density at radius 2 is 1.92 bits per heavy atom. The Balaban J connectivity index is 1.28. The zero-order chi connectivity index (χ0) is 17.2. The summed E-state index contributed by atoms with van der Waals surface area (Å²) in [5.41, 5.74) is 1.68. The number of benzene rings is 1. The topological polar surface area (TPSA) is 72.6 Å². The third-order valence-corrected chi connectivity index (χ3v) is 5.28. The van der Waals surface area contributed by atoms with Gasteiger partial charge in [-0.3, -0.25) is 9.59 Å². The largest absolute Gasteiger partial charge is 0.455 e. The molecule has 6 heteroatoms. The van der Waals surface area contributed by atoms with E-state index in [0.717, 1.165) is 49.1 Å². The fourth-order valence-corrected chi connectivity index (χ4v) is 3.43. The van der Waals surface area contributed by atoms with Gasteiger partial charge in [0, 0.05) is 19.0 Å². The van der Waals surface area contributed by atoms with Gasteiger partial charge in [-0.2, -0.15) is 0 Å². The van der Waals surface area contributed by atoms with Crippen molar-refractivity contribution in [2.24, 2.45) is 5.92 Å². The number of carbonyl (C=O) groups excluding carboxylic acids is 2. The highest BCUT2D eigenvalue weighted by atomic mass is 16.5. The number of hydrogen-bond acceptors (Lipinski definition) is 5. The minimum Gasteiger partial charge on any atom is -0.455 e. The smallest absolute Gasteiger partial charge is 0.309 e. The average Bonchev–Trinajstić information content (AvgIpc) is 3.02. The molecule has 4 rings (SSSR count). The van der Waals surface area contributed by atoms with Gasteiger partial charge in [-0.25, -0.2) is 4.98 Å². The normalized spacial score (nSPS) is 19.0. The molecule has 1 aromatic carbocycles. The van der Waals surface area contributed by atoms with E-state index in [2.05, 4.69) is 4.98 Å². The second kappa shape index (κ2) is 6.86. The van der Waals surface area contributed by atoms with Gasteiger partial charge in [-0.1, -0.05) is 18.6 Å².